The first-order chi connectivity index (χ1) is 12.4. The number of nitrogens with two attached hydrogens (primary N) is 1. The first kappa shape index (κ1) is 18.0. The van der Waals surface area contributed by atoms with Crippen molar-refractivity contribution >= 4 is 17.3 Å². The van der Waals surface area contributed by atoms with E-state index >= 15 is 0 Å². The molecule has 2 heterocycles. The Balaban J connectivity index is 2.18. The van der Waals surface area contributed by atoms with Gasteiger partial charge in [0.1, 0.15) is 17.2 Å². The molecular weight excluding hydrogens is 348 g/mol. The third-order valence-electron chi connectivity index (χ3n) is 4.54. The average Bonchev–Trinajstić information content (AvgIpc) is 2.95. The maximum Gasteiger partial charge on any atom is 0.342 e. The Morgan fingerprint density at radius 3 is 2.54 bits per heavy atom. The molecule has 1 aromatic heterocycles. The lowest BCUT2D eigenvalue weighted by atomic mass is 9.87. The SMILES string of the molecule is COC(=O)c1c(C)sc2c1OC(N)=C(C#N)[C@@H]2c1ccc(C(C)C)cc1. The topological polar surface area (TPSA) is 85.3 Å². The summed E-state index contributed by atoms with van der Waals surface area (Å²) in [5.41, 5.74) is 8.90. The number of nitrogens with zero attached hydrogens (tertiary/aromatic N) is 1. The minimum absolute atomic E-state index is 0.0286. The number of aryl methyl sites for hydroxylation is 1. The third-order valence-corrected chi connectivity index (χ3v) is 5.69. The number of allylic oxidation sites excluding steroid dienone is 1. The summed E-state index contributed by atoms with van der Waals surface area (Å²) < 4.78 is 10.5. The number of nitriles is 1. The van der Waals surface area contributed by atoms with Crippen LogP contribution in [0, 0.1) is 18.3 Å². The number of hydrogen-bond acceptors (Lipinski definition) is 6. The van der Waals surface area contributed by atoms with E-state index in [0.29, 0.717) is 22.8 Å². The molecule has 0 bridgehead atoms. The Morgan fingerprint density at radius 1 is 1.35 bits per heavy atom. The first-order valence-corrected chi connectivity index (χ1v) is 9.09. The summed E-state index contributed by atoms with van der Waals surface area (Å²) in [6.07, 6.45) is 0. The van der Waals surface area contributed by atoms with Crippen LogP contribution in [-0.2, 0) is 4.74 Å². The van der Waals surface area contributed by atoms with Gasteiger partial charge in [-0.15, -0.1) is 11.3 Å². The lowest BCUT2D eigenvalue weighted by Crippen LogP contribution is -2.21. The summed E-state index contributed by atoms with van der Waals surface area (Å²) in [5, 5.41) is 9.64. The van der Waals surface area contributed by atoms with Crippen molar-refractivity contribution in [3.8, 4) is 11.8 Å². The van der Waals surface area contributed by atoms with Gasteiger partial charge >= 0.3 is 5.97 Å². The minimum Gasteiger partial charge on any atom is -0.465 e. The van der Waals surface area contributed by atoms with Gasteiger partial charge in [0.2, 0.25) is 5.88 Å². The Bertz CT molecular complexity index is 933. The van der Waals surface area contributed by atoms with E-state index in [0.717, 1.165) is 15.3 Å². The first-order valence-electron chi connectivity index (χ1n) is 8.28. The predicted octanol–water partition coefficient (Wildman–Crippen LogP) is 4.18. The summed E-state index contributed by atoms with van der Waals surface area (Å²) in [5.74, 6) is 0.0177. The van der Waals surface area contributed by atoms with E-state index < -0.39 is 5.97 Å². The zero-order valence-electron chi connectivity index (χ0n) is 15.1. The molecule has 1 aromatic carbocycles. The molecule has 0 unspecified atom stereocenters. The van der Waals surface area contributed by atoms with Crippen LogP contribution in [0.3, 0.4) is 0 Å². The highest BCUT2D eigenvalue weighted by molar-refractivity contribution is 7.12. The number of ether oxygens (including phenoxy) is 2. The second-order valence-electron chi connectivity index (χ2n) is 6.46. The van der Waals surface area contributed by atoms with E-state index in [4.69, 9.17) is 15.2 Å². The standard InChI is InChI=1S/C20H20N2O3S/c1-10(2)12-5-7-13(8-6-12)16-14(9-21)19(22)25-17-15(20(23)24-4)11(3)26-18(16)17/h5-8,10,16H,22H2,1-4H3/t16-/m0/s1. The highest BCUT2D eigenvalue weighted by Gasteiger charge is 2.37. The fourth-order valence-corrected chi connectivity index (χ4v) is 4.34. The van der Waals surface area contributed by atoms with E-state index in [2.05, 4.69) is 32.0 Å². The molecule has 2 aromatic rings. The highest BCUT2D eigenvalue weighted by Crippen LogP contribution is 2.49. The number of methoxy groups -OCH3 is 1. The van der Waals surface area contributed by atoms with E-state index in [9.17, 15) is 10.1 Å². The van der Waals surface area contributed by atoms with Crippen LogP contribution in [0.15, 0.2) is 35.7 Å². The van der Waals surface area contributed by atoms with Crippen molar-refractivity contribution in [2.24, 2.45) is 5.73 Å². The molecule has 0 saturated carbocycles. The summed E-state index contributed by atoms with van der Waals surface area (Å²) in [6, 6.07) is 10.3. The molecule has 2 N–H and O–H groups in total. The van der Waals surface area contributed by atoms with E-state index in [-0.39, 0.29) is 11.8 Å². The van der Waals surface area contributed by atoms with Gasteiger partial charge in [-0.25, -0.2) is 4.79 Å². The molecule has 5 nitrogen and oxygen atoms in total. The summed E-state index contributed by atoms with van der Waals surface area (Å²) in [4.78, 5) is 13.7. The van der Waals surface area contributed by atoms with Gasteiger partial charge in [0.05, 0.1) is 17.9 Å². The summed E-state index contributed by atoms with van der Waals surface area (Å²) >= 11 is 1.43. The fourth-order valence-electron chi connectivity index (χ4n) is 3.12. The predicted molar refractivity (Wildman–Crippen MR) is 100 cm³/mol. The molecule has 0 aliphatic carbocycles. The van der Waals surface area contributed by atoms with Crippen molar-refractivity contribution in [2.75, 3.05) is 7.11 Å². The van der Waals surface area contributed by atoms with Crippen molar-refractivity contribution in [3.05, 3.63) is 62.2 Å². The zero-order chi connectivity index (χ0) is 19.0. The molecule has 134 valence electrons. The fraction of sp³-hybridized carbons (Fsp3) is 0.300. The molecule has 1 atom stereocenters. The second kappa shape index (κ2) is 6.85. The number of rotatable bonds is 3. The number of fused-ring (bicyclic) bond motifs is 1. The van der Waals surface area contributed by atoms with Gasteiger partial charge in [-0.3, -0.25) is 0 Å². The Labute approximate surface area is 156 Å². The van der Waals surface area contributed by atoms with Crippen molar-refractivity contribution in [1.29, 1.82) is 5.26 Å². The summed E-state index contributed by atoms with van der Waals surface area (Å²) in [6.45, 7) is 6.09. The van der Waals surface area contributed by atoms with Crippen LogP contribution in [0.5, 0.6) is 5.75 Å². The molecule has 6 heteroatoms. The van der Waals surface area contributed by atoms with E-state index in [1.54, 1.807) is 0 Å². The van der Waals surface area contributed by atoms with Crippen molar-refractivity contribution in [3.63, 3.8) is 0 Å². The third kappa shape index (κ3) is 2.85. The maximum atomic E-state index is 12.2. The van der Waals surface area contributed by atoms with Crippen molar-refractivity contribution in [1.82, 2.24) is 0 Å². The molecule has 3 rings (SSSR count). The highest BCUT2D eigenvalue weighted by atomic mass is 32.1. The van der Waals surface area contributed by atoms with Gasteiger partial charge in [-0.2, -0.15) is 5.26 Å². The van der Waals surface area contributed by atoms with E-state index in [1.807, 2.05) is 19.1 Å². The molecular formula is C20H20N2O3S. The number of thiophene rings is 1. The van der Waals surface area contributed by atoms with Gasteiger partial charge in [0, 0.05) is 4.88 Å². The maximum absolute atomic E-state index is 12.2. The molecule has 0 spiro atoms. The molecule has 0 radical (unpaired) electrons. The summed E-state index contributed by atoms with van der Waals surface area (Å²) in [7, 11) is 1.33. The Hall–Kier alpha value is -2.78. The minimum atomic E-state index is -0.470. The van der Waals surface area contributed by atoms with Crippen LogP contribution in [-0.4, -0.2) is 13.1 Å². The molecule has 1 aliphatic rings. The van der Waals surface area contributed by atoms with Crippen molar-refractivity contribution in [2.45, 2.75) is 32.6 Å². The lowest BCUT2D eigenvalue weighted by molar-refractivity contribution is 0.0597. The van der Waals surface area contributed by atoms with Crippen LogP contribution in [0.1, 0.15) is 56.9 Å². The van der Waals surface area contributed by atoms with Crippen molar-refractivity contribution < 1.29 is 14.3 Å². The number of benzene rings is 1. The number of hydrogen-bond donors (Lipinski definition) is 1. The molecule has 26 heavy (non-hydrogen) atoms. The number of esters is 1. The van der Waals surface area contributed by atoms with Gasteiger partial charge in [-0.05, 0) is 24.0 Å². The lowest BCUT2D eigenvalue weighted by Gasteiger charge is -2.24. The quantitative estimate of drug-likeness (QED) is 0.821. The van der Waals surface area contributed by atoms with Crippen LogP contribution in [0.4, 0.5) is 0 Å². The smallest absolute Gasteiger partial charge is 0.342 e. The largest absolute Gasteiger partial charge is 0.465 e. The average molecular weight is 368 g/mol. The van der Waals surface area contributed by atoms with E-state index in [1.165, 1.54) is 24.0 Å². The Kier molecular flexibility index (Phi) is 4.75. The van der Waals surface area contributed by atoms with Gasteiger partial charge < -0.3 is 15.2 Å². The van der Waals surface area contributed by atoms with Gasteiger partial charge in [0.25, 0.3) is 0 Å². The molecule has 1 aliphatic heterocycles. The van der Waals surface area contributed by atoms with Crippen LogP contribution >= 0.6 is 11.3 Å². The van der Waals surface area contributed by atoms with Gasteiger partial charge in [-0.1, -0.05) is 38.1 Å². The molecule has 0 amide bonds. The molecule has 0 fully saturated rings. The van der Waals surface area contributed by atoms with Crippen LogP contribution in [0.2, 0.25) is 0 Å². The number of carbonyl (C=O) groups is 1. The normalized spacial score (nSPS) is 16.1. The molecule has 0 saturated heterocycles. The number of carbonyl (C=O) groups excluding carboxylic acids is 1. The monoisotopic (exact) mass is 368 g/mol. The van der Waals surface area contributed by atoms with Crippen LogP contribution < -0.4 is 10.5 Å². The Morgan fingerprint density at radius 2 is 2.00 bits per heavy atom. The zero-order valence-corrected chi connectivity index (χ0v) is 15.9. The van der Waals surface area contributed by atoms with Crippen LogP contribution in [0.25, 0.3) is 0 Å². The second-order valence-corrected chi connectivity index (χ2v) is 7.72. The van der Waals surface area contributed by atoms with Gasteiger partial charge in [0.15, 0.2) is 5.75 Å².